The second kappa shape index (κ2) is 6.31. The average molecular weight is 371 g/mol. The molecule has 0 aliphatic rings. The maximum absolute atomic E-state index is 12.5. The summed E-state index contributed by atoms with van der Waals surface area (Å²) >= 11 is 17.8. The number of Topliss-reactive ketones (excluding diaryl/α,β-unsaturated/α-hetero) is 1. The number of hydrogen-bond donors (Lipinski definition) is 1. The van der Waals surface area contributed by atoms with E-state index in [2.05, 4.69) is 20.3 Å². The fourth-order valence-electron chi connectivity index (χ4n) is 2.16. The van der Waals surface area contributed by atoms with E-state index in [1.807, 2.05) is 0 Å². The molecule has 0 amide bonds. The molecule has 6 nitrogen and oxygen atoms in total. The minimum Gasteiger partial charge on any atom is -0.371 e. The van der Waals surface area contributed by atoms with Crippen molar-refractivity contribution in [3.63, 3.8) is 0 Å². The molecule has 0 spiro atoms. The number of nitrogens with zero attached hydrogens (tertiary/aromatic N) is 4. The van der Waals surface area contributed by atoms with E-state index in [0.717, 1.165) is 0 Å². The van der Waals surface area contributed by atoms with Crippen LogP contribution in [0.3, 0.4) is 0 Å². The summed E-state index contributed by atoms with van der Waals surface area (Å²) in [4.78, 5) is 24.9. The monoisotopic (exact) mass is 369 g/mol. The Bertz CT molecular complexity index is 909. The van der Waals surface area contributed by atoms with Gasteiger partial charge < -0.3 is 9.88 Å². The van der Waals surface area contributed by atoms with E-state index in [0.29, 0.717) is 32.6 Å². The van der Waals surface area contributed by atoms with Crippen LogP contribution < -0.4 is 5.32 Å². The lowest BCUT2D eigenvalue weighted by atomic mass is 10.1. The van der Waals surface area contributed by atoms with Gasteiger partial charge in [0.15, 0.2) is 22.8 Å². The van der Waals surface area contributed by atoms with Crippen LogP contribution in [-0.2, 0) is 6.54 Å². The number of benzene rings is 1. The number of carbonyl (C=O) groups excluding carboxylic acids is 1. The van der Waals surface area contributed by atoms with E-state index in [1.54, 1.807) is 23.7 Å². The van der Waals surface area contributed by atoms with Crippen molar-refractivity contribution in [1.82, 2.24) is 19.5 Å². The zero-order chi connectivity index (χ0) is 16.6. The number of rotatable bonds is 4. The number of fused-ring (bicyclic) bond motifs is 1. The van der Waals surface area contributed by atoms with Crippen molar-refractivity contribution in [3.05, 3.63) is 45.4 Å². The van der Waals surface area contributed by atoms with Gasteiger partial charge in [-0.25, -0.2) is 4.98 Å². The van der Waals surface area contributed by atoms with Crippen LogP contribution in [0.1, 0.15) is 10.4 Å². The highest BCUT2D eigenvalue weighted by atomic mass is 35.5. The van der Waals surface area contributed by atoms with Gasteiger partial charge in [-0.2, -0.15) is 9.97 Å². The predicted molar refractivity (Wildman–Crippen MR) is 90.7 cm³/mol. The molecule has 3 aromatic rings. The van der Waals surface area contributed by atoms with Crippen molar-refractivity contribution in [2.45, 2.75) is 6.54 Å². The van der Waals surface area contributed by atoms with Gasteiger partial charge in [-0.05, 0) is 29.8 Å². The van der Waals surface area contributed by atoms with E-state index in [4.69, 9.17) is 34.8 Å². The van der Waals surface area contributed by atoms with Gasteiger partial charge in [-0.1, -0.05) is 23.2 Å². The highest BCUT2D eigenvalue weighted by Gasteiger charge is 2.16. The first-order valence-electron chi connectivity index (χ1n) is 6.54. The van der Waals surface area contributed by atoms with Crippen LogP contribution in [-0.4, -0.2) is 32.3 Å². The summed E-state index contributed by atoms with van der Waals surface area (Å²) in [5.74, 6) is 0.308. The van der Waals surface area contributed by atoms with E-state index in [1.165, 1.54) is 12.4 Å². The molecule has 0 bridgehead atoms. The van der Waals surface area contributed by atoms with Crippen molar-refractivity contribution in [3.8, 4) is 0 Å². The lowest BCUT2D eigenvalue weighted by Crippen LogP contribution is -2.11. The SMILES string of the molecule is CNc1nc(Cl)nc2c1ncn2CC(=O)c1ccc(Cl)cc1Cl. The minimum absolute atomic E-state index is 0.0222. The van der Waals surface area contributed by atoms with Crippen molar-refractivity contribution in [2.24, 2.45) is 0 Å². The zero-order valence-corrected chi connectivity index (χ0v) is 14.1. The number of halogens is 3. The normalized spacial score (nSPS) is 11.0. The number of ketones is 1. The molecule has 1 aromatic carbocycles. The Labute approximate surface area is 146 Å². The summed E-state index contributed by atoms with van der Waals surface area (Å²) in [5.41, 5.74) is 1.38. The van der Waals surface area contributed by atoms with E-state index >= 15 is 0 Å². The van der Waals surface area contributed by atoms with Gasteiger partial charge >= 0.3 is 0 Å². The number of aromatic nitrogens is 4. The lowest BCUT2D eigenvalue weighted by molar-refractivity contribution is 0.0973. The fraction of sp³-hybridized carbons (Fsp3) is 0.143. The average Bonchev–Trinajstić information content (AvgIpc) is 2.89. The Balaban J connectivity index is 1.98. The van der Waals surface area contributed by atoms with Gasteiger partial charge in [0.25, 0.3) is 0 Å². The third-order valence-electron chi connectivity index (χ3n) is 3.22. The Morgan fingerprint density at radius 1 is 1.26 bits per heavy atom. The van der Waals surface area contributed by atoms with Gasteiger partial charge in [-0.15, -0.1) is 0 Å². The molecule has 0 fully saturated rings. The first kappa shape index (κ1) is 16.0. The van der Waals surface area contributed by atoms with Crippen LogP contribution in [0.2, 0.25) is 15.3 Å². The smallest absolute Gasteiger partial charge is 0.226 e. The minimum atomic E-state index is -0.188. The Kier molecular flexibility index (Phi) is 4.39. The molecule has 0 radical (unpaired) electrons. The lowest BCUT2D eigenvalue weighted by Gasteiger charge is -2.06. The number of hydrogen-bond acceptors (Lipinski definition) is 5. The van der Waals surface area contributed by atoms with Crippen LogP contribution in [0.4, 0.5) is 5.82 Å². The van der Waals surface area contributed by atoms with Crippen molar-refractivity contribution in [1.29, 1.82) is 0 Å². The first-order valence-corrected chi connectivity index (χ1v) is 7.67. The highest BCUT2D eigenvalue weighted by molar-refractivity contribution is 6.36. The highest BCUT2D eigenvalue weighted by Crippen LogP contribution is 2.24. The van der Waals surface area contributed by atoms with Crippen LogP contribution in [0.15, 0.2) is 24.5 Å². The molecular formula is C14H10Cl3N5O. The third kappa shape index (κ3) is 3.10. The molecule has 118 valence electrons. The maximum atomic E-state index is 12.5. The molecule has 23 heavy (non-hydrogen) atoms. The fourth-order valence-corrected chi connectivity index (χ4v) is 2.84. The third-order valence-corrected chi connectivity index (χ3v) is 3.94. The predicted octanol–water partition coefficient (Wildman–Crippen LogP) is 3.71. The molecule has 0 saturated heterocycles. The summed E-state index contributed by atoms with van der Waals surface area (Å²) in [6.07, 6.45) is 1.51. The summed E-state index contributed by atoms with van der Waals surface area (Å²) in [5, 5.41) is 3.73. The summed E-state index contributed by atoms with van der Waals surface area (Å²) < 4.78 is 1.59. The molecule has 0 aliphatic carbocycles. The topological polar surface area (TPSA) is 72.7 Å². The summed E-state index contributed by atoms with van der Waals surface area (Å²) in [6, 6.07) is 4.73. The molecule has 2 aromatic heterocycles. The number of imidazole rings is 1. The summed E-state index contributed by atoms with van der Waals surface area (Å²) in [7, 11) is 1.70. The molecule has 0 saturated carbocycles. The van der Waals surface area contributed by atoms with E-state index in [-0.39, 0.29) is 17.6 Å². The molecule has 9 heteroatoms. The van der Waals surface area contributed by atoms with Gasteiger partial charge in [0.2, 0.25) is 5.28 Å². The zero-order valence-electron chi connectivity index (χ0n) is 11.8. The largest absolute Gasteiger partial charge is 0.371 e. The molecule has 0 unspecified atom stereocenters. The van der Waals surface area contributed by atoms with Crippen LogP contribution in [0.5, 0.6) is 0 Å². The number of carbonyl (C=O) groups is 1. The maximum Gasteiger partial charge on any atom is 0.226 e. The molecule has 0 atom stereocenters. The van der Waals surface area contributed by atoms with Gasteiger partial charge in [0.1, 0.15) is 0 Å². The number of nitrogens with one attached hydrogen (secondary N) is 1. The first-order chi connectivity index (χ1) is 11.0. The molecular weight excluding hydrogens is 361 g/mol. The Morgan fingerprint density at radius 3 is 2.74 bits per heavy atom. The molecule has 3 rings (SSSR count). The Morgan fingerprint density at radius 2 is 2.04 bits per heavy atom. The van der Waals surface area contributed by atoms with E-state index in [9.17, 15) is 4.79 Å². The Hall–Kier alpha value is -1.89. The van der Waals surface area contributed by atoms with E-state index < -0.39 is 0 Å². The standard InChI is InChI=1S/C14H10Cl3N5O/c1-18-12-11-13(21-14(17)20-12)22(6-19-11)5-10(23)8-3-2-7(15)4-9(8)16/h2-4,6H,5H2,1H3,(H,18,20,21). The van der Waals surface area contributed by atoms with Crippen LogP contribution in [0.25, 0.3) is 11.2 Å². The van der Waals surface area contributed by atoms with Gasteiger partial charge in [0, 0.05) is 17.6 Å². The van der Waals surface area contributed by atoms with Crippen molar-refractivity contribution < 1.29 is 4.79 Å². The number of anilines is 1. The molecule has 2 heterocycles. The van der Waals surface area contributed by atoms with Crippen molar-refractivity contribution >= 4 is 57.6 Å². The second-order valence-electron chi connectivity index (χ2n) is 4.68. The molecule has 1 N–H and O–H groups in total. The van der Waals surface area contributed by atoms with Crippen LogP contribution in [0, 0.1) is 0 Å². The summed E-state index contributed by atoms with van der Waals surface area (Å²) in [6.45, 7) is 0.0222. The van der Waals surface area contributed by atoms with Gasteiger partial charge in [0.05, 0.1) is 17.9 Å². The van der Waals surface area contributed by atoms with Crippen molar-refractivity contribution in [2.75, 3.05) is 12.4 Å². The van der Waals surface area contributed by atoms with Crippen LogP contribution >= 0.6 is 34.8 Å². The molecule has 0 aliphatic heterocycles. The van der Waals surface area contributed by atoms with Gasteiger partial charge in [-0.3, -0.25) is 4.79 Å². The quantitative estimate of drug-likeness (QED) is 0.560. The second-order valence-corrected chi connectivity index (χ2v) is 5.86.